The highest BCUT2D eigenvalue weighted by molar-refractivity contribution is 5.78. The zero-order valence-corrected chi connectivity index (χ0v) is 14.6. The van der Waals surface area contributed by atoms with E-state index in [9.17, 15) is 4.79 Å². The predicted octanol–water partition coefficient (Wildman–Crippen LogP) is 3.73. The van der Waals surface area contributed by atoms with Gasteiger partial charge in [0.1, 0.15) is 18.7 Å². The minimum atomic E-state index is 0.0596. The molecule has 0 fully saturated rings. The molecule has 130 valence electrons. The summed E-state index contributed by atoms with van der Waals surface area (Å²) in [6, 6.07) is 9.98. The van der Waals surface area contributed by atoms with Crippen molar-refractivity contribution in [3.05, 3.63) is 48.5 Å². The fourth-order valence-electron chi connectivity index (χ4n) is 2.93. The number of carbonyl (C=O) groups excluding carboxylic acids is 1. The quantitative estimate of drug-likeness (QED) is 0.626. The maximum Gasteiger partial charge on any atom is 0.245 e. The van der Waals surface area contributed by atoms with Gasteiger partial charge in [0, 0.05) is 12.5 Å². The molecule has 0 radical (unpaired) electrons. The highest BCUT2D eigenvalue weighted by atomic mass is 16.5. The van der Waals surface area contributed by atoms with Crippen molar-refractivity contribution < 1.29 is 9.53 Å². The Bertz CT molecular complexity index is 845. The molecule has 1 aromatic carbocycles. The molecule has 0 aliphatic carbocycles. The third kappa shape index (κ3) is 4.02. The average Bonchev–Trinajstić information content (AvgIpc) is 3.05. The number of ketones is 1. The first-order chi connectivity index (χ1) is 12.2. The van der Waals surface area contributed by atoms with Crippen molar-refractivity contribution in [1.82, 2.24) is 19.5 Å². The Morgan fingerprint density at radius 1 is 1.20 bits per heavy atom. The zero-order chi connectivity index (χ0) is 17.6. The van der Waals surface area contributed by atoms with E-state index in [4.69, 9.17) is 4.74 Å². The monoisotopic (exact) mass is 338 g/mol. The summed E-state index contributed by atoms with van der Waals surface area (Å²) in [5, 5.41) is 0. The van der Waals surface area contributed by atoms with Crippen LogP contribution in [0, 0.1) is 0 Å². The lowest BCUT2D eigenvalue weighted by atomic mass is 10.1. The van der Waals surface area contributed by atoms with E-state index >= 15 is 0 Å². The topological polar surface area (TPSA) is 69.9 Å². The lowest BCUT2D eigenvalue weighted by Gasteiger charge is -2.16. The fraction of sp³-hybridized carbons (Fsp3) is 0.368. The summed E-state index contributed by atoms with van der Waals surface area (Å²) in [5.74, 6) is 0.626. The van der Waals surface area contributed by atoms with Crippen LogP contribution in [0.4, 0.5) is 0 Å². The molecule has 0 bridgehead atoms. The van der Waals surface area contributed by atoms with Gasteiger partial charge in [-0.1, -0.05) is 43.7 Å². The minimum absolute atomic E-state index is 0.0596. The second-order valence-electron chi connectivity index (χ2n) is 6.13. The summed E-state index contributed by atoms with van der Waals surface area (Å²) in [7, 11) is 0. The van der Waals surface area contributed by atoms with Gasteiger partial charge in [0.05, 0.1) is 6.33 Å². The molecule has 0 saturated carbocycles. The number of nitrogens with zero attached hydrogens (tertiary/aromatic N) is 4. The Kier molecular flexibility index (Phi) is 5.38. The van der Waals surface area contributed by atoms with E-state index in [1.807, 2.05) is 34.9 Å². The Labute approximate surface area is 146 Å². The molecule has 6 nitrogen and oxygen atoms in total. The third-order valence-corrected chi connectivity index (χ3v) is 4.08. The van der Waals surface area contributed by atoms with Crippen LogP contribution in [-0.2, 0) is 11.4 Å². The van der Waals surface area contributed by atoms with Crippen LogP contribution in [0.25, 0.3) is 11.2 Å². The van der Waals surface area contributed by atoms with Crippen molar-refractivity contribution in [2.75, 3.05) is 0 Å². The number of benzene rings is 1. The summed E-state index contributed by atoms with van der Waals surface area (Å²) in [6.07, 6.45) is 5.58. The van der Waals surface area contributed by atoms with E-state index in [0.717, 1.165) is 18.4 Å². The number of fused-ring (bicyclic) bond motifs is 1. The predicted molar refractivity (Wildman–Crippen MR) is 95.3 cm³/mol. The molecule has 6 heteroatoms. The largest absolute Gasteiger partial charge is 0.471 e. The molecule has 25 heavy (non-hydrogen) atoms. The van der Waals surface area contributed by atoms with Crippen molar-refractivity contribution in [3.63, 3.8) is 0 Å². The summed E-state index contributed by atoms with van der Waals surface area (Å²) < 4.78 is 7.82. The van der Waals surface area contributed by atoms with E-state index in [-0.39, 0.29) is 11.8 Å². The van der Waals surface area contributed by atoms with Crippen LogP contribution >= 0.6 is 0 Å². The first-order valence-electron chi connectivity index (χ1n) is 8.52. The minimum Gasteiger partial charge on any atom is -0.471 e. The van der Waals surface area contributed by atoms with E-state index in [1.165, 1.54) is 6.33 Å². The van der Waals surface area contributed by atoms with Crippen LogP contribution < -0.4 is 4.74 Å². The lowest BCUT2D eigenvalue weighted by Crippen LogP contribution is -2.12. The van der Waals surface area contributed by atoms with Crippen LogP contribution in [0.15, 0.2) is 43.0 Å². The molecular weight excluding hydrogens is 316 g/mol. The van der Waals surface area contributed by atoms with E-state index < -0.39 is 0 Å². The van der Waals surface area contributed by atoms with Gasteiger partial charge in [-0.3, -0.25) is 4.79 Å². The molecule has 0 spiro atoms. The number of Topliss-reactive ketones (excluding diaryl/α,β-unsaturated/α-hetero) is 1. The summed E-state index contributed by atoms with van der Waals surface area (Å²) in [5.41, 5.74) is 2.40. The van der Waals surface area contributed by atoms with Crippen LogP contribution in [0.3, 0.4) is 0 Å². The van der Waals surface area contributed by atoms with Crippen molar-refractivity contribution >= 4 is 16.9 Å². The number of imidazole rings is 1. The van der Waals surface area contributed by atoms with E-state index in [1.54, 1.807) is 13.3 Å². The first-order valence-corrected chi connectivity index (χ1v) is 8.52. The van der Waals surface area contributed by atoms with Crippen molar-refractivity contribution in [2.45, 2.75) is 45.8 Å². The van der Waals surface area contributed by atoms with Crippen LogP contribution in [0.2, 0.25) is 0 Å². The second-order valence-corrected chi connectivity index (χ2v) is 6.13. The normalized spacial score (nSPS) is 12.2. The number of ether oxygens (including phenoxy) is 1. The van der Waals surface area contributed by atoms with Gasteiger partial charge in [0.2, 0.25) is 5.88 Å². The second kappa shape index (κ2) is 7.88. The molecule has 0 N–H and O–H groups in total. The molecule has 0 aliphatic rings. The molecule has 1 unspecified atom stereocenters. The van der Waals surface area contributed by atoms with Crippen molar-refractivity contribution in [1.29, 1.82) is 0 Å². The van der Waals surface area contributed by atoms with Gasteiger partial charge in [-0.15, -0.1) is 0 Å². The molecule has 0 saturated heterocycles. The first kappa shape index (κ1) is 17.1. The summed E-state index contributed by atoms with van der Waals surface area (Å²) in [4.78, 5) is 24.6. The maximum absolute atomic E-state index is 11.6. The van der Waals surface area contributed by atoms with Crippen LogP contribution in [0.5, 0.6) is 5.88 Å². The van der Waals surface area contributed by atoms with Crippen molar-refractivity contribution in [2.24, 2.45) is 0 Å². The molecule has 0 amide bonds. The van der Waals surface area contributed by atoms with Gasteiger partial charge in [0.25, 0.3) is 0 Å². The summed E-state index contributed by atoms with van der Waals surface area (Å²) >= 11 is 0. The standard InChI is InChI=1S/C19H22N4O2/c1-3-7-16(10-14(2)24)23-13-22-17-18(23)20-12-21-19(17)25-11-15-8-5-4-6-9-15/h4-6,8-9,12-13,16H,3,7,10-11H2,1-2H3. The fourth-order valence-corrected chi connectivity index (χ4v) is 2.93. The Balaban J connectivity index is 1.87. The molecule has 0 aliphatic heterocycles. The SMILES string of the molecule is CCCC(CC(C)=O)n1cnc2c(OCc3ccccc3)ncnc21. The maximum atomic E-state index is 11.6. The smallest absolute Gasteiger partial charge is 0.245 e. The average molecular weight is 338 g/mol. The molecule has 2 heterocycles. The third-order valence-electron chi connectivity index (χ3n) is 4.08. The number of aromatic nitrogens is 4. The molecular formula is C19H22N4O2. The molecule has 1 atom stereocenters. The summed E-state index contributed by atoms with van der Waals surface area (Å²) in [6.45, 7) is 4.15. The number of hydrogen-bond donors (Lipinski definition) is 0. The van der Waals surface area contributed by atoms with Gasteiger partial charge < -0.3 is 9.30 Å². The number of carbonyl (C=O) groups is 1. The van der Waals surface area contributed by atoms with E-state index in [0.29, 0.717) is 30.1 Å². The molecule has 2 aromatic heterocycles. The number of hydrogen-bond acceptors (Lipinski definition) is 5. The van der Waals surface area contributed by atoms with Crippen LogP contribution in [0.1, 0.15) is 44.7 Å². The lowest BCUT2D eigenvalue weighted by molar-refractivity contribution is -0.117. The Hall–Kier alpha value is -2.76. The van der Waals surface area contributed by atoms with Crippen molar-refractivity contribution in [3.8, 4) is 5.88 Å². The van der Waals surface area contributed by atoms with Gasteiger partial charge in [-0.2, -0.15) is 4.98 Å². The molecule has 3 aromatic rings. The Morgan fingerprint density at radius 3 is 2.72 bits per heavy atom. The Morgan fingerprint density at radius 2 is 2.00 bits per heavy atom. The van der Waals surface area contributed by atoms with Gasteiger partial charge in [0.15, 0.2) is 11.2 Å². The van der Waals surface area contributed by atoms with E-state index in [2.05, 4.69) is 21.9 Å². The van der Waals surface area contributed by atoms with Gasteiger partial charge >= 0.3 is 0 Å². The van der Waals surface area contributed by atoms with Gasteiger partial charge in [-0.05, 0) is 18.9 Å². The zero-order valence-electron chi connectivity index (χ0n) is 14.6. The highest BCUT2D eigenvalue weighted by Crippen LogP contribution is 2.26. The van der Waals surface area contributed by atoms with Gasteiger partial charge in [-0.25, -0.2) is 9.97 Å². The van der Waals surface area contributed by atoms with Crippen LogP contribution in [-0.4, -0.2) is 25.3 Å². The molecule has 3 rings (SSSR count). The highest BCUT2D eigenvalue weighted by Gasteiger charge is 2.18. The number of rotatable bonds is 8.